The Morgan fingerprint density at radius 3 is 3.14 bits per heavy atom. The van der Waals surface area contributed by atoms with Crippen LogP contribution in [0.3, 0.4) is 0 Å². The van der Waals surface area contributed by atoms with Gasteiger partial charge >= 0.3 is 6.03 Å². The van der Waals surface area contributed by atoms with E-state index in [0.717, 1.165) is 24.3 Å². The standard InChI is InChI=1S/C16H23N3OS/c1-2-17-16(20)19-8-7-12-5-6-13(10-15(12)19)18-14-4-3-9-21-11-14/h5-6,10,14,18H,2-4,7-9,11H2,1H3,(H,17,20). The summed E-state index contributed by atoms with van der Waals surface area (Å²) < 4.78 is 0. The first-order chi connectivity index (χ1) is 10.3. The number of amides is 2. The molecule has 3 rings (SSSR count). The zero-order valence-electron chi connectivity index (χ0n) is 12.5. The van der Waals surface area contributed by atoms with Crippen LogP contribution >= 0.6 is 11.8 Å². The first-order valence-corrected chi connectivity index (χ1v) is 8.96. The fourth-order valence-electron chi connectivity index (χ4n) is 3.02. The number of benzene rings is 1. The number of fused-ring (bicyclic) bond motifs is 1. The summed E-state index contributed by atoms with van der Waals surface area (Å²) in [5, 5.41) is 6.52. The second-order valence-corrected chi connectivity index (χ2v) is 6.79. The van der Waals surface area contributed by atoms with E-state index in [1.807, 2.05) is 23.6 Å². The summed E-state index contributed by atoms with van der Waals surface area (Å²) in [6.45, 7) is 3.40. The van der Waals surface area contributed by atoms with Crippen molar-refractivity contribution < 1.29 is 4.79 Å². The minimum absolute atomic E-state index is 0.0154. The highest BCUT2D eigenvalue weighted by Gasteiger charge is 2.24. The van der Waals surface area contributed by atoms with Gasteiger partial charge in [0.15, 0.2) is 0 Å². The van der Waals surface area contributed by atoms with Crippen molar-refractivity contribution in [2.24, 2.45) is 0 Å². The van der Waals surface area contributed by atoms with Crippen molar-refractivity contribution in [1.29, 1.82) is 0 Å². The molecule has 4 nitrogen and oxygen atoms in total. The summed E-state index contributed by atoms with van der Waals surface area (Å²) in [6, 6.07) is 7.02. The second kappa shape index (κ2) is 6.60. The number of anilines is 2. The number of hydrogen-bond donors (Lipinski definition) is 2. The van der Waals surface area contributed by atoms with Crippen LogP contribution in [-0.4, -0.2) is 36.7 Å². The van der Waals surface area contributed by atoms with Crippen LogP contribution in [0.15, 0.2) is 18.2 Å². The van der Waals surface area contributed by atoms with Crippen LogP contribution in [0.25, 0.3) is 0 Å². The van der Waals surface area contributed by atoms with Crippen molar-refractivity contribution in [1.82, 2.24) is 5.32 Å². The molecule has 1 aromatic carbocycles. The monoisotopic (exact) mass is 305 g/mol. The fraction of sp³-hybridized carbons (Fsp3) is 0.562. The fourth-order valence-corrected chi connectivity index (χ4v) is 4.09. The van der Waals surface area contributed by atoms with E-state index >= 15 is 0 Å². The van der Waals surface area contributed by atoms with Gasteiger partial charge in [-0.05, 0) is 49.6 Å². The molecule has 1 fully saturated rings. The maximum absolute atomic E-state index is 12.1. The molecule has 0 saturated carbocycles. The molecule has 2 aliphatic rings. The molecule has 1 unspecified atom stereocenters. The van der Waals surface area contributed by atoms with E-state index in [-0.39, 0.29) is 6.03 Å². The molecular weight excluding hydrogens is 282 g/mol. The maximum atomic E-state index is 12.1. The van der Waals surface area contributed by atoms with Gasteiger partial charge in [-0.15, -0.1) is 0 Å². The zero-order valence-corrected chi connectivity index (χ0v) is 13.3. The Morgan fingerprint density at radius 1 is 1.48 bits per heavy atom. The number of carbonyl (C=O) groups excluding carboxylic acids is 1. The van der Waals surface area contributed by atoms with Crippen molar-refractivity contribution in [3.63, 3.8) is 0 Å². The van der Waals surface area contributed by atoms with Gasteiger partial charge in [0.25, 0.3) is 0 Å². The van der Waals surface area contributed by atoms with Gasteiger partial charge in [0.05, 0.1) is 5.69 Å². The molecule has 2 amide bonds. The molecule has 2 N–H and O–H groups in total. The number of nitrogens with one attached hydrogen (secondary N) is 2. The summed E-state index contributed by atoms with van der Waals surface area (Å²) in [4.78, 5) is 14.0. The Kier molecular flexibility index (Phi) is 4.58. The van der Waals surface area contributed by atoms with Gasteiger partial charge in [0.2, 0.25) is 0 Å². The zero-order chi connectivity index (χ0) is 14.7. The number of hydrogen-bond acceptors (Lipinski definition) is 3. The lowest BCUT2D eigenvalue weighted by Gasteiger charge is -2.24. The van der Waals surface area contributed by atoms with Crippen LogP contribution in [0.2, 0.25) is 0 Å². The van der Waals surface area contributed by atoms with Crippen molar-refractivity contribution in [2.45, 2.75) is 32.2 Å². The first kappa shape index (κ1) is 14.6. The van der Waals surface area contributed by atoms with Crippen LogP contribution < -0.4 is 15.5 Å². The average molecular weight is 305 g/mol. The van der Waals surface area contributed by atoms with Crippen molar-refractivity contribution in [3.05, 3.63) is 23.8 Å². The van der Waals surface area contributed by atoms with Gasteiger partial charge in [0, 0.05) is 30.6 Å². The predicted molar refractivity (Wildman–Crippen MR) is 90.5 cm³/mol. The van der Waals surface area contributed by atoms with E-state index in [2.05, 4.69) is 28.8 Å². The van der Waals surface area contributed by atoms with Gasteiger partial charge in [-0.3, -0.25) is 4.90 Å². The van der Waals surface area contributed by atoms with Crippen LogP contribution in [0, 0.1) is 0 Å². The lowest BCUT2D eigenvalue weighted by atomic mass is 10.1. The lowest BCUT2D eigenvalue weighted by molar-refractivity contribution is 0.247. The Hall–Kier alpha value is -1.36. The Bertz CT molecular complexity index is 514. The Morgan fingerprint density at radius 2 is 2.38 bits per heavy atom. The van der Waals surface area contributed by atoms with Gasteiger partial charge in [0.1, 0.15) is 0 Å². The van der Waals surface area contributed by atoms with E-state index in [0.29, 0.717) is 12.6 Å². The molecule has 0 aromatic heterocycles. The molecule has 1 atom stereocenters. The topological polar surface area (TPSA) is 44.4 Å². The largest absolute Gasteiger partial charge is 0.381 e. The first-order valence-electron chi connectivity index (χ1n) is 7.80. The van der Waals surface area contributed by atoms with E-state index < -0.39 is 0 Å². The molecule has 0 spiro atoms. The normalized spacial score (nSPS) is 21.0. The summed E-state index contributed by atoms with van der Waals surface area (Å²) in [5.41, 5.74) is 3.47. The highest BCUT2D eigenvalue weighted by atomic mass is 32.2. The molecule has 2 aliphatic heterocycles. The molecule has 5 heteroatoms. The average Bonchev–Trinajstić information content (AvgIpc) is 2.92. The number of urea groups is 1. The van der Waals surface area contributed by atoms with Crippen LogP contribution in [0.1, 0.15) is 25.3 Å². The van der Waals surface area contributed by atoms with Crippen molar-refractivity contribution in [2.75, 3.05) is 34.8 Å². The SMILES string of the molecule is CCNC(=O)N1CCc2ccc(NC3CCCSC3)cc21. The third-order valence-corrected chi connectivity index (χ3v) is 5.30. The lowest BCUT2D eigenvalue weighted by Crippen LogP contribution is -2.38. The van der Waals surface area contributed by atoms with Gasteiger partial charge in [-0.25, -0.2) is 4.79 Å². The molecule has 2 heterocycles. The molecule has 114 valence electrons. The minimum Gasteiger partial charge on any atom is -0.381 e. The van der Waals surface area contributed by atoms with Crippen LogP contribution in [0.4, 0.5) is 16.2 Å². The third-order valence-electron chi connectivity index (χ3n) is 4.09. The van der Waals surface area contributed by atoms with E-state index in [4.69, 9.17) is 0 Å². The molecule has 1 aromatic rings. The highest BCUT2D eigenvalue weighted by molar-refractivity contribution is 7.99. The molecule has 0 bridgehead atoms. The summed E-state index contributed by atoms with van der Waals surface area (Å²) in [6.07, 6.45) is 3.48. The number of carbonyl (C=O) groups is 1. The number of nitrogens with zero attached hydrogens (tertiary/aromatic N) is 1. The summed E-state index contributed by atoms with van der Waals surface area (Å²) >= 11 is 2.02. The smallest absolute Gasteiger partial charge is 0.321 e. The van der Waals surface area contributed by atoms with E-state index in [1.165, 1.54) is 29.9 Å². The summed E-state index contributed by atoms with van der Waals surface area (Å²) in [5.74, 6) is 2.46. The second-order valence-electron chi connectivity index (χ2n) is 5.64. The molecule has 1 saturated heterocycles. The Balaban J connectivity index is 1.73. The molecule has 0 aliphatic carbocycles. The van der Waals surface area contributed by atoms with Crippen molar-refractivity contribution in [3.8, 4) is 0 Å². The van der Waals surface area contributed by atoms with Gasteiger partial charge in [-0.1, -0.05) is 6.07 Å². The Labute approximate surface area is 130 Å². The quantitative estimate of drug-likeness (QED) is 0.902. The molecule has 21 heavy (non-hydrogen) atoms. The number of thioether (sulfide) groups is 1. The highest BCUT2D eigenvalue weighted by Crippen LogP contribution is 2.32. The van der Waals surface area contributed by atoms with Crippen LogP contribution in [0.5, 0.6) is 0 Å². The minimum atomic E-state index is 0.0154. The van der Waals surface area contributed by atoms with Crippen molar-refractivity contribution >= 4 is 29.2 Å². The maximum Gasteiger partial charge on any atom is 0.321 e. The van der Waals surface area contributed by atoms with E-state index in [1.54, 1.807) is 0 Å². The van der Waals surface area contributed by atoms with E-state index in [9.17, 15) is 4.79 Å². The summed E-state index contributed by atoms with van der Waals surface area (Å²) in [7, 11) is 0. The molecule has 0 radical (unpaired) electrons. The molecular formula is C16H23N3OS. The van der Waals surface area contributed by atoms with Gasteiger partial charge in [-0.2, -0.15) is 11.8 Å². The predicted octanol–water partition coefficient (Wildman–Crippen LogP) is 3.09. The third kappa shape index (κ3) is 3.28. The number of rotatable bonds is 3. The van der Waals surface area contributed by atoms with Crippen LogP contribution in [-0.2, 0) is 6.42 Å². The van der Waals surface area contributed by atoms with Gasteiger partial charge < -0.3 is 10.6 Å².